The van der Waals surface area contributed by atoms with E-state index in [0.717, 1.165) is 10.5 Å². The summed E-state index contributed by atoms with van der Waals surface area (Å²) < 4.78 is 5.45. The maximum Gasteiger partial charge on any atom is 0.355 e. The summed E-state index contributed by atoms with van der Waals surface area (Å²) in [7, 11) is 0. The zero-order chi connectivity index (χ0) is 20.4. The van der Waals surface area contributed by atoms with Crippen LogP contribution in [-0.2, 0) is 14.3 Å². The molecule has 4 rings (SSSR count). The van der Waals surface area contributed by atoms with Gasteiger partial charge in [-0.1, -0.05) is 12.1 Å². The summed E-state index contributed by atoms with van der Waals surface area (Å²) in [4.78, 5) is 53.5. The molecule has 0 aliphatic carbocycles. The van der Waals surface area contributed by atoms with Crippen molar-refractivity contribution in [2.24, 2.45) is 0 Å². The van der Waals surface area contributed by atoms with E-state index in [2.05, 4.69) is 0 Å². The number of carbonyl (C=O) groups is 4. The number of thioether (sulfide) groups is 1. The van der Waals surface area contributed by atoms with Crippen molar-refractivity contribution in [1.29, 1.82) is 0 Å². The highest BCUT2D eigenvalue weighted by Gasteiger charge is 2.60. The fraction of sp³-hybridized carbons (Fsp3) is 0.400. The van der Waals surface area contributed by atoms with Crippen LogP contribution in [0.2, 0.25) is 0 Å². The van der Waals surface area contributed by atoms with E-state index < -0.39 is 40.7 Å². The van der Waals surface area contributed by atoms with Crippen LogP contribution in [0.1, 0.15) is 48.4 Å². The Labute approximate surface area is 166 Å². The number of ether oxygens (including phenoxy) is 1. The number of hydrogen-bond donors (Lipinski definition) is 0. The van der Waals surface area contributed by atoms with Crippen molar-refractivity contribution in [1.82, 2.24) is 9.80 Å². The average molecular weight is 400 g/mol. The fourth-order valence-corrected chi connectivity index (χ4v) is 4.97. The Morgan fingerprint density at radius 1 is 1.07 bits per heavy atom. The molecule has 1 aromatic rings. The number of benzene rings is 1. The van der Waals surface area contributed by atoms with Crippen LogP contribution in [0.4, 0.5) is 0 Å². The maximum absolute atomic E-state index is 13.0. The summed E-state index contributed by atoms with van der Waals surface area (Å²) in [6.07, 6.45) is 0. The standard InChI is InChI=1S/C20H20N2O5S/c1-10-9-28-18-14(17(25)22(18)13(10)19(26)27-20(2,3)4)21-15(23)11-7-5-6-8-12(11)16(21)24/h5-8,14,18H,9H2,1-4H3/t14?,18-/m1/s1. The van der Waals surface area contributed by atoms with Gasteiger partial charge < -0.3 is 4.74 Å². The lowest BCUT2D eigenvalue weighted by Crippen LogP contribution is -2.71. The molecule has 3 aliphatic rings. The van der Waals surface area contributed by atoms with Crippen LogP contribution in [0.3, 0.4) is 0 Å². The molecule has 0 spiro atoms. The molecule has 1 aromatic carbocycles. The lowest BCUT2D eigenvalue weighted by Gasteiger charge is -2.51. The number of carbonyl (C=O) groups excluding carboxylic acids is 4. The van der Waals surface area contributed by atoms with Crippen LogP contribution in [-0.4, -0.2) is 56.3 Å². The first-order chi connectivity index (χ1) is 13.1. The molecular formula is C20H20N2O5S. The van der Waals surface area contributed by atoms with Gasteiger partial charge in [0.15, 0.2) is 0 Å². The van der Waals surface area contributed by atoms with E-state index in [0.29, 0.717) is 16.9 Å². The Morgan fingerprint density at radius 2 is 1.64 bits per heavy atom. The van der Waals surface area contributed by atoms with Crippen molar-refractivity contribution in [3.63, 3.8) is 0 Å². The predicted molar refractivity (Wildman–Crippen MR) is 102 cm³/mol. The molecule has 3 amide bonds. The smallest absolute Gasteiger partial charge is 0.355 e. The van der Waals surface area contributed by atoms with Gasteiger partial charge in [0.05, 0.1) is 11.1 Å². The first-order valence-corrected chi connectivity index (χ1v) is 10.0. The molecule has 1 unspecified atom stereocenters. The minimum atomic E-state index is -0.914. The first kappa shape index (κ1) is 18.7. The fourth-order valence-electron chi connectivity index (χ4n) is 3.63. The van der Waals surface area contributed by atoms with Crippen molar-refractivity contribution in [2.75, 3.05) is 5.75 Å². The molecule has 2 atom stereocenters. The first-order valence-electron chi connectivity index (χ1n) is 8.96. The van der Waals surface area contributed by atoms with E-state index >= 15 is 0 Å². The van der Waals surface area contributed by atoms with Gasteiger partial charge in [0.2, 0.25) is 0 Å². The Kier molecular flexibility index (Phi) is 4.15. The normalized spacial score (nSPS) is 24.2. The van der Waals surface area contributed by atoms with E-state index in [1.165, 1.54) is 16.7 Å². The van der Waals surface area contributed by atoms with Crippen molar-refractivity contribution in [2.45, 2.75) is 44.7 Å². The molecule has 0 saturated carbocycles. The number of imide groups is 1. The van der Waals surface area contributed by atoms with Gasteiger partial charge in [-0.3, -0.25) is 24.2 Å². The highest BCUT2D eigenvalue weighted by molar-refractivity contribution is 8.00. The molecule has 0 aromatic heterocycles. The van der Waals surface area contributed by atoms with Crippen LogP contribution in [0.15, 0.2) is 35.5 Å². The molecule has 0 N–H and O–H groups in total. The van der Waals surface area contributed by atoms with Crippen LogP contribution in [0.5, 0.6) is 0 Å². The van der Waals surface area contributed by atoms with Crippen LogP contribution < -0.4 is 0 Å². The predicted octanol–water partition coefficient (Wildman–Crippen LogP) is 2.18. The molecule has 1 saturated heterocycles. The van der Waals surface area contributed by atoms with Crippen molar-refractivity contribution in [3.8, 4) is 0 Å². The molecule has 8 heteroatoms. The number of amides is 3. The van der Waals surface area contributed by atoms with Gasteiger partial charge in [-0.05, 0) is 45.4 Å². The number of nitrogens with zero attached hydrogens (tertiary/aromatic N) is 2. The molecule has 3 aliphatic heterocycles. The van der Waals surface area contributed by atoms with Crippen molar-refractivity contribution >= 4 is 35.5 Å². The summed E-state index contributed by atoms with van der Waals surface area (Å²) in [5, 5.41) is -0.485. The maximum atomic E-state index is 13.0. The van der Waals surface area contributed by atoms with Crippen molar-refractivity contribution in [3.05, 3.63) is 46.7 Å². The van der Waals surface area contributed by atoms with Crippen LogP contribution in [0.25, 0.3) is 0 Å². The van der Waals surface area contributed by atoms with E-state index in [4.69, 9.17) is 4.74 Å². The quantitative estimate of drug-likeness (QED) is 0.430. The highest BCUT2D eigenvalue weighted by Crippen LogP contribution is 2.44. The molecular weight excluding hydrogens is 380 g/mol. The van der Waals surface area contributed by atoms with Gasteiger partial charge in [-0.2, -0.15) is 0 Å². The molecule has 1 fully saturated rings. The van der Waals surface area contributed by atoms with E-state index in [-0.39, 0.29) is 5.70 Å². The van der Waals surface area contributed by atoms with Crippen LogP contribution in [0, 0.1) is 0 Å². The van der Waals surface area contributed by atoms with Gasteiger partial charge >= 0.3 is 5.97 Å². The summed E-state index contributed by atoms with van der Waals surface area (Å²) in [5.74, 6) is -1.42. The second kappa shape index (κ2) is 6.20. The molecule has 0 bridgehead atoms. The van der Waals surface area contributed by atoms with Gasteiger partial charge in [-0.15, -0.1) is 11.8 Å². The largest absolute Gasteiger partial charge is 0.455 e. The SMILES string of the molecule is CC1=C(C(=O)OC(C)(C)C)N2C(=O)C(N3C(=O)c4ccccc4C3=O)[C@H]2SC1. The molecule has 3 heterocycles. The summed E-state index contributed by atoms with van der Waals surface area (Å²) in [6, 6.07) is 5.62. The topological polar surface area (TPSA) is 84.0 Å². The van der Waals surface area contributed by atoms with Gasteiger partial charge in [0, 0.05) is 5.75 Å². The molecule has 28 heavy (non-hydrogen) atoms. The van der Waals surface area contributed by atoms with Crippen LogP contribution >= 0.6 is 11.8 Å². The number of fused-ring (bicyclic) bond motifs is 2. The molecule has 146 valence electrons. The third-order valence-corrected chi connectivity index (χ3v) is 6.24. The monoisotopic (exact) mass is 400 g/mol. The molecule has 0 radical (unpaired) electrons. The second-order valence-electron chi connectivity index (χ2n) is 8.01. The van der Waals surface area contributed by atoms with E-state index in [1.807, 2.05) is 0 Å². The minimum absolute atomic E-state index is 0.219. The average Bonchev–Trinajstić information content (AvgIpc) is 2.86. The van der Waals surface area contributed by atoms with Gasteiger partial charge in [0.25, 0.3) is 17.7 Å². The lowest BCUT2D eigenvalue weighted by atomic mass is 10.0. The molecule has 7 nitrogen and oxygen atoms in total. The number of hydrogen-bond acceptors (Lipinski definition) is 6. The number of esters is 1. The highest BCUT2D eigenvalue weighted by atomic mass is 32.2. The Hall–Kier alpha value is -2.61. The Morgan fingerprint density at radius 3 is 2.18 bits per heavy atom. The zero-order valence-corrected chi connectivity index (χ0v) is 16.8. The summed E-state index contributed by atoms with van der Waals surface area (Å²) >= 11 is 1.44. The Bertz CT molecular complexity index is 927. The van der Waals surface area contributed by atoms with Gasteiger partial charge in [-0.25, -0.2) is 4.79 Å². The summed E-state index contributed by atoms with van der Waals surface area (Å²) in [5.41, 5.74) is 0.874. The van der Waals surface area contributed by atoms with E-state index in [1.54, 1.807) is 52.0 Å². The minimum Gasteiger partial charge on any atom is -0.455 e. The number of rotatable bonds is 2. The number of β-lactam (4-membered cyclic amide) rings is 1. The third-order valence-electron chi connectivity index (χ3n) is 4.83. The zero-order valence-electron chi connectivity index (χ0n) is 16.0. The lowest BCUT2D eigenvalue weighted by molar-refractivity contribution is -0.160. The second-order valence-corrected chi connectivity index (χ2v) is 9.12. The van der Waals surface area contributed by atoms with Gasteiger partial charge in [0.1, 0.15) is 22.7 Å². The third kappa shape index (κ3) is 2.66. The van der Waals surface area contributed by atoms with E-state index in [9.17, 15) is 19.2 Å². The Balaban J connectivity index is 1.63. The van der Waals surface area contributed by atoms with Crippen molar-refractivity contribution < 1.29 is 23.9 Å². The summed E-state index contributed by atoms with van der Waals surface area (Å²) in [6.45, 7) is 7.06.